The highest BCUT2D eigenvalue weighted by Gasteiger charge is 2.31. The molecule has 1 saturated heterocycles. The fourth-order valence-electron chi connectivity index (χ4n) is 2.60. The Morgan fingerprint density at radius 2 is 1.95 bits per heavy atom. The third-order valence-electron chi connectivity index (χ3n) is 3.87. The van der Waals surface area contributed by atoms with E-state index in [4.69, 9.17) is 0 Å². The normalized spacial score (nSPS) is 20.8. The highest BCUT2D eigenvalue weighted by atomic mass is 32.2. The molecule has 0 bridgehead atoms. The first-order valence-electron chi connectivity index (χ1n) is 7.11. The van der Waals surface area contributed by atoms with Gasteiger partial charge in [0.1, 0.15) is 0 Å². The molecule has 106 valence electrons. The molecule has 0 unspecified atom stereocenters. The first kappa shape index (κ1) is 14.5. The minimum atomic E-state index is -3.28. The molecule has 1 heterocycles. The summed E-state index contributed by atoms with van der Waals surface area (Å²) in [5, 5.41) is 0. The highest BCUT2D eigenvalue weighted by molar-refractivity contribution is 7.89. The van der Waals surface area contributed by atoms with Crippen LogP contribution >= 0.6 is 0 Å². The van der Waals surface area contributed by atoms with Gasteiger partial charge in [0.25, 0.3) is 0 Å². The first-order chi connectivity index (χ1) is 9.04. The van der Waals surface area contributed by atoms with Crippen LogP contribution in [0.1, 0.15) is 38.2 Å². The van der Waals surface area contributed by atoms with Crippen molar-refractivity contribution in [3.8, 4) is 0 Å². The zero-order chi connectivity index (χ0) is 13.9. The molecule has 3 nitrogen and oxygen atoms in total. The number of sulfonamides is 1. The molecular formula is C15H23NO2S. The van der Waals surface area contributed by atoms with Gasteiger partial charge in [0.15, 0.2) is 0 Å². The molecule has 0 saturated carbocycles. The topological polar surface area (TPSA) is 37.4 Å². The van der Waals surface area contributed by atoms with Gasteiger partial charge in [-0.15, -0.1) is 0 Å². The summed E-state index contributed by atoms with van der Waals surface area (Å²) in [4.78, 5) is 0.425. The van der Waals surface area contributed by atoms with Gasteiger partial charge in [-0.1, -0.05) is 37.5 Å². The molecule has 1 aliphatic rings. The van der Waals surface area contributed by atoms with Crippen LogP contribution in [-0.4, -0.2) is 25.8 Å². The molecule has 0 N–H and O–H groups in total. The number of aryl methyl sites for hydroxylation is 1. The van der Waals surface area contributed by atoms with E-state index in [1.807, 2.05) is 19.1 Å². The molecule has 0 spiro atoms. The molecule has 1 aliphatic heterocycles. The Kier molecular flexibility index (Phi) is 4.63. The molecule has 0 aromatic heterocycles. The predicted molar refractivity (Wildman–Crippen MR) is 77.6 cm³/mol. The zero-order valence-corrected chi connectivity index (χ0v) is 12.6. The lowest BCUT2D eigenvalue weighted by molar-refractivity contribution is 0.439. The second-order valence-corrected chi connectivity index (χ2v) is 7.41. The second kappa shape index (κ2) is 6.06. The SMILES string of the molecule is CCCC[C@H]1CCN(S(=O)(=O)c2ccc(C)cc2)C1. The summed E-state index contributed by atoms with van der Waals surface area (Å²) in [5.74, 6) is 0.542. The number of rotatable bonds is 5. The number of hydrogen-bond acceptors (Lipinski definition) is 2. The average molecular weight is 281 g/mol. The van der Waals surface area contributed by atoms with Crippen LogP contribution in [0.4, 0.5) is 0 Å². The Hall–Kier alpha value is -0.870. The minimum absolute atomic E-state index is 0.425. The molecule has 2 rings (SSSR count). The molecule has 0 amide bonds. The second-order valence-electron chi connectivity index (χ2n) is 5.47. The smallest absolute Gasteiger partial charge is 0.207 e. The lowest BCUT2D eigenvalue weighted by Crippen LogP contribution is -2.28. The lowest BCUT2D eigenvalue weighted by Gasteiger charge is -2.16. The van der Waals surface area contributed by atoms with E-state index in [0.717, 1.165) is 18.4 Å². The molecule has 1 aromatic rings. The predicted octanol–water partition coefficient (Wildman–Crippen LogP) is 3.20. The number of unbranched alkanes of at least 4 members (excludes halogenated alkanes) is 1. The molecule has 19 heavy (non-hydrogen) atoms. The van der Waals surface area contributed by atoms with Crippen LogP contribution in [0.5, 0.6) is 0 Å². The Labute approximate surface area is 116 Å². The van der Waals surface area contributed by atoms with Crippen molar-refractivity contribution >= 4 is 10.0 Å². The number of hydrogen-bond donors (Lipinski definition) is 0. The first-order valence-corrected chi connectivity index (χ1v) is 8.55. The monoisotopic (exact) mass is 281 g/mol. The molecule has 1 atom stereocenters. The van der Waals surface area contributed by atoms with E-state index < -0.39 is 10.0 Å². The summed E-state index contributed by atoms with van der Waals surface area (Å²) in [7, 11) is -3.28. The van der Waals surface area contributed by atoms with Crippen molar-refractivity contribution < 1.29 is 8.42 Å². The maximum Gasteiger partial charge on any atom is 0.243 e. The van der Waals surface area contributed by atoms with Crippen LogP contribution in [0, 0.1) is 12.8 Å². The van der Waals surface area contributed by atoms with Crippen LogP contribution < -0.4 is 0 Å². The van der Waals surface area contributed by atoms with Crippen LogP contribution in [0.2, 0.25) is 0 Å². The van der Waals surface area contributed by atoms with Gasteiger partial charge in [-0.2, -0.15) is 4.31 Å². The summed E-state index contributed by atoms with van der Waals surface area (Å²) in [5.41, 5.74) is 1.08. The van der Waals surface area contributed by atoms with Crippen LogP contribution in [0.3, 0.4) is 0 Å². The third kappa shape index (κ3) is 3.37. The van der Waals surface area contributed by atoms with Crippen LogP contribution in [-0.2, 0) is 10.0 Å². The number of benzene rings is 1. The summed E-state index contributed by atoms with van der Waals surface area (Å²) in [6, 6.07) is 7.14. The zero-order valence-electron chi connectivity index (χ0n) is 11.8. The van der Waals surface area contributed by atoms with Gasteiger partial charge in [0.05, 0.1) is 4.90 Å². The lowest BCUT2D eigenvalue weighted by atomic mass is 10.0. The van der Waals surface area contributed by atoms with E-state index in [1.165, 1.54) is 12.8 Å². The third-order valence-corrected chi connectivity index (χ3v) is 5.75. The summed E-state index contributed by atoms with van der Waals surface area (Å²) in [6.07, 6.45) is 4.53. The Bertz CT molecular complexity index is 507. The standard InChI is InChI=1S/C15H23NO2S/c1-3-4-5-14-10-11-16(12-14)19(17,18)15-8-6-13(2)7-9-15/h6-9,14H,3-5,10-12H2,1-2H3/t14-/m0/s1. The van der Waals surface area contributed by atoms with Gasteiger partial charge >= 0.3 is 0 Å². The Morgan fingerprint density at radius 1 is 1.26 bits per heavy atom. The molecule has 1 fully saturated rings. The molecule has 0 aliphatic carbocycles. The average Bonchev–Trinajstić information content (AvgIpc) is 2.86. The fourth-order valence-corrected chi connectivity index (χ4v) is 4.13. The maximum absolute atomic E-state index is 12.5. The number of nitrogens with zero attached hydrogens (tertiary/aromatic N) is 1. The van der Waals surface area contributed by atoms with Crippen molar-refractivity contribution in [3.05, 3.63) is 29.8 Å². The van der Waals surface area contributed by atoms with Crippen molar-refractivity contribution in [1.29, 1.82) is 0 Å². The summed E-state index contributed by atoms with van der Waals surface area (Å²) < 4.78 is 26.6. The maximum atomic E-state index is 12.5. The van der Waals surface area contributed by atoms with E-state index >= 15 is 0 Å². The van der Waals surface area contributed by atoms with Crippen molar-refractivity contribution in [1.82, 2.24) is 4.31 Å². The van der Waals surface area contributed by atoms with Crippen molar-refractivity contribution in [2.75, 3.05) is 13.1 Å². The minimum Gasteiger partial charge on any atom is -0.207 e. The summed E-state index contributed by atoms with van der Waals surface area (Å²) in [6.45, 7) is 5.50. The van der Waals surface area contributed by atoms with Crippen LogP contribution in [0.15, 0.2) is 29.2 Å². The van der Waals surface area contributed by atoms with Crippen molar-refractivity contribution in [2.24, 2.45) is 5.92 Å². The van der Waals surface area contributed by atoms with Gasteiger partial charge in [0.2, 0.25) is 10.0 Å². The largest absolute Gasteiger partial charge is 0.243 e. The Balaban J connectivity index is 2.07. The fraction of sp³-hybridized carbons (Fsp3) is 0.600. The van der Waals surface area contributed by atoms with Gasteiger partial charge in [-0.25, -0.2) is 8.42 Å². The van der Waals surface area contributed by atoms with Gasteiger partial charge in [-0.05, 0) is 37.8 Å². The summed E-state index contributed by atoms with van der Waals surface area (Å²) >= 11 is 0. The van der Waals surface area contributed by atoms with Crippen LogP contribution in [0.25, 0.3) is 0 Å². The van der Waals surface area contributed by atoms with E-state index in [-0.39, 0.29) is 0 Å². The van der Waals surface area contributed by atoms with Crippen molar-refractivity contribution in [2.45, 2.75) is 44.4 Å². The van der Waals surface area contributed by atoms with Gasteiger partial charge in [-0.3, -0.25) is 0 Å². The van der Waals surface area contributed by atoms with E-state index in [9.17, 15) is 8.42 Å². The van der Waals surface area contributed by atoms with E-state index in [0.29, 0.717) is 23.9 Å². The molecule has 4 heteroatoms. The van der Waals surface area contributed by atoms with E-state index in [1.54, 1.807) is 16.4 Å². The molecular weight excluding hydrogens is 258 g/mol. The molecule has 1 aromatic carbocycles. The quantitative estimate of drug-likeness (QED) is 0.831. The molecule has 0 radical (unpaired) electrons. The van der Waals surface area contributed by atoms with E-state index in [2.05, 4.69) is 6.92 Å². The highest BCUT2D eigenvalue weighted by Crippen LogP contribution is 2.27. The van der Waals surface area contributed by atoms with Gasteiger partial charge < -0.3 is 0 Å². The van der Waals surface area contributed by atoms with Crippen molar-refractivity contribution in [3.63, 3.8) is 0 Å². The Morgan fingerprint density at radius 3 is 2.58 bits per heavy atom. The van der Waals surface area contributed by atoms with Gasteiger partial charge in [0, 0.05) is 13.1 Å².